The van der Waals surface area contributed by atoms with Crippen LogP contribution in [-0.4, -0.2) is 32.0 Å². The zero-order chi connectivity index (χ0) is 13.5. The summed E-state index contributed by atoms with van der Waals surface area (Å²) >= 11 is 1.59. The SMILES string of the molecule is CS(=O)(=O)CC1(COc2nccc3ccsc23)CC1. The molecule has 3 rings (SSSR count). The minimum atomic E-state index is -2.95. The van der Waals surface area contributed by atoms with Gasteiger partial charge in [0, 0.05) is 17.9 Å². The van der Waals surface area contributed by atoms with Crippen molar-refractivity contribution in [1.82, 2.24) is 4.98 Å². The average Bonchev–Trinajstić information content (AvgIpc) is 2.89. The van der Waals surface area contributed by atoms with Crippen LogP contribution in [0.2, 0.25) is 0 Å². The summed E-state index contributed by atoms with van der Waals surface area (Å²) in [5.74, 6) is 0.827. The summed E-state index contributed by atoms with van der Waals surface area (Å²) in [5, 5.41) is 3.12. The van der Waals surface area contributed by atoms with Gasteiger partial charge in [0.15, 0.2) is 0 Å². The van der Waals surface area contributed by atoms with Crippen LogP contribution in [0.15, 0.2) is 23.7 Å². The highest BCUT2D eigenvalue weighted by Crippen LogP contribution is 2.47. The molecule has 0 aromatic carbocycles. The third-order valence-corrected chi connectivity index (χ3v) is 5.43. The number of nitrogens with zero attached hydrogens (tertiary/aromatic N) is 1. The van der Waals surface area contributed by atoms with Gasteiger partial charge >= 0.3 is 0 Å². The highest BCUT2D eigenvalue weighted by molar-refractivity contribution is 7.90. The van der Waals surface area contributed by atoms with Crippen molar-refractivity contribution in [1.29, 1.82) is 0 Å². The molecule has 0 spiro atoms. The van der Waals surface area contributed by atoms with Gasteiger partial charge in [-0.25, -0.2) is 13.4 Å². The van der Waals surface area contributed by atoms with Crippen molar-refractivity contribution in [3.63, 3.8) is 0 Å². The number of ether oxygens (including phenoxy) is 1. The minimum Gasteiger partial charge on any atom is -0.476 e. The number of sulfone groups is 1. The van der Waals surface area contributed by atoms with Gasteiger partial charge in [-0.3, -0.25) is 0 Å². The zero-order valence-corrected chi connectivity index (χ0v) is 12.3. The second-order valence-electron chi connectivity index (χ2n) is 5.31. The van der Waals surface area contributed by atoms with Gasteiger partial charge in [-0.2, -0.15) is 0 Å². The van der Waals surface area contributed by atoms with Gasteiger partial charge in [0.05, 0.1) is 17.1 Å². The van der Waals surface area contributed by atoms with Crippen molar-refractivity contribution in [2.75, 3.05) is 18.6 Å². The van der Waals surface area contributed by atoms with Crippen LogP contribution in [0.4, 0.5) is 0 Å². The molecule has 0 unspecified atom stereocenters. The molecule has 19 heavy (non-hydrogen) atoms. The number of pyridine rings is 1. The van der Waals surface area contributed by atoms with Crippen molar-refractivity contribution in [2.24, 2.45) is 5.41 Å². The number of hydrogen-bond donors (Lipinski definition) is 0. The van der Waals surface area contributed by atoms with E-state index in [4.69, 9.17) is 4.74 Å². The maximum Gasteiger partial charge on any atom is 0.231 e. The van der Waals surface area contributed by atoms with E-state index in [-0.39, 0.29) is 11.2 Å². The lowest BCUT2D eigenvalue weighted by atomic mass is 10.2. The molecule has 0 amide bonds. The van der Waals surface area contributed by atoms with Crippen LogP contribution in [0, 0.1) is 5.41 Å². The predicted molar refractivity (Wildman–Crippen MR) is 76.5 cm³/mol. The van der Waals surface area contributed by atoms with Gasteiger partial charge < -0.3 is 4.74 Å². The zero-order valence-electron chi connectivity index (χ0n) is 10.6. The van der Waals surface area contributed by atoms with Crippen LogP contribution in [0.5, 0.6) is 5.88 Å². The van der Waals surface area contributed by atoms with Crippen LogP contribution in [0.25, 0.3) is 10.1 Å². The quantitative estimate of drug-likeness (QED) is 0.851. The van der Waals surface area contributed by atoms with Crippen LogP contribution in [0.3, 0.4) is 0 Å². The maximum absolute atomic E-state index is 11.4. The third kappa shape index (κ3) is 2.90. The van der Waals surface area contributed by atoms with Crippen molar-refractivity contribution >= 4 is 31.3 Å². The number of hydrogen-bond acceptors (Lipinski definition) is 5. The molecule has 2 aromatic rings. The molecule has 1 aliphatic carbocycles. The summed E-state index contributed by atoms with van der Waals surface area (Å²) < 4.78 is 29.6. The van der Waals surface area contributed by atoms with E-state index in [0.29, 0.717) is 12.5 Å². The second kappa shape index (κ2) is 4.45. The molecular formula is C13H15NO3S2. The van der Waals surface area contributed by atoms with E-state index in [1.54, 1.807) is 17.5 Å². The molecule has 0 radical (unpaired) electrons. The minimum absolute atomic E-state index is 0.186. The highest BCUT2D eigenvalue weighted by atomic mass is 32.2. The maximum atomic E-state index is 11.4. The number of fused-ring (bicyclic) bond motifs is 1. The van der Waals surface area contributed by atoms with Crippen molar-refractivity contribution in [3.8, 4) is 5.88 Å². The molecule has 1 fully saturated rings. The molecule has 2 heterocycles. The van der Waals surface area contributed by atoms with E-state index in [2.05, 4.69) is 4.98 Å². The van der Waals surface area contributed by atoms with Crippen LogP contribution >= 0.6 is 11.3 Å². The van der Waals surface area contributed by atoms with E-state index in [0.717, 1.165) is 22.9 Å². The second-order valence-corrected chi connectivity index (χ2v) is 8.37. The van der Waals surface area contributed by atoms with Gasteiger partial charge in [0.2, 0.25) is 5.88 Å². The molecule has 0 saturated heterocycles. The fourth-order valence-corrected chi connectivity index (χ4v) is 4.58. The summed E-state index contributed by atoms with van der Waals surface area (Å²) in [6.07, 6.45) is 4.84. The molecule has 1 aliphatic rings. The topological polar surface area (TPSA) is 56.3 Å². The third-order valence-electron chi connectivity index (χ3n) is 3.38. The van der Waals surface area contributed by atoms with E-state index in [1.807, 2.05) is 17.5 Å². The van der Waals surface area contributed by atoms with Gasteiger partial charge in [-0.1, -0.05) is 0 Å². The van der Waals surface area contributed by atoms with Crippen LogP contribution in [-0.2, 0) is 9.84 Å². The molecule has 6 heteroatoms. The monoisotopic (exact) mass is 297 g/mol. The lowest BCUT2D eigenvalue weighted by Gasteiger charge is -2.14. The molecular weight excluding hydrogens is 282 g/mol. The lowest BCUT2D eigenvalue weighted by molar-refractivity contribution is 0.243. The molecule has 0 atom stereocenters. The Morgan fingerprint density at radius 1 is 1.42 bits per heavy atom. The standard InChI is InChI=1S/C13H15NO3S2/c1-19(15,16)9-13(4-5-13)8-17-12-11-10(2-6-14-12)3-7-18-11/h2-3,6-7H,4-5,8-9H2,1H3. The Morgan fingerprint density at radius 3 is 2.89 bits per heavy atom. The Morgan fingerprint density at radius 2 is 2.21 bits per heavy atom. The van der Waals surface area contributed by atoms with Crippen molar-refractivity contribution in [2.45, 2.75) is 12.8 Å². The molecule has 0 N–H and O–H groups in total. The van der Waals surface area contributed by atoms with Gasteiger partial charge in [-0.05, 0) is 35.7 Å². The Labute approximate surface area is 116 Å². The lowest BCUT2D eigenvalue weighted by Crippen LogP contribution is -2.23. The molecule has 0 bridgehead atoms. The first kappa shape index (κ1) is 12.9. The molecule has 1 saturated carbocycles. The number of rotatable bonds is 5. The predicted octanol–water partition coefficient (Wildman–Crippen LogP) is 2.50. The summed E-state index contributed by atoms with van der Waals surface area (Å²) in [7, 11) is -2.95. The Balaban J connectivity index is 1.75. The molecule has 2 aromatic heterocycles. The van der Waals surface area contributed by atoms with E-state index < -0.39 is 9.84 Å². The highest BCUT2D eigenvalue weighted by Gasteiger charge is 2.46. The first-order valence-electron chi connectivity index (χ1n) is 6.10. The Kier molecular flexibility index (Phi) is 3.02. The normalized spacial score (nSPS) is 17.5. The molecule has 102 valence electrons. The van der Waals surface area contributed by atoms with Gasteiger partial charge in [0.25, 0.3) is 0 Å². The van der Waals surface area contributed by atoms with E-state index >= 15 is 0 Å². The smallest absolute Gasteiger partial charge is 0.231 e. The Hall–Kier alpha value is -1.14. The molecule has 4 nitrogen and oxygen atoms in total. The fraction of sp³-hybridized carbons (Fsp3) is 0.462. The van der Waals surface area contributed by atoms with Crippen molar-refractivity contribution < 1.29 is 13.2 Å². The first-order chi connectivity index (χ1) is 8.98. The van der Waals surface area contributed by atoms with E-state index in [9.17, 15) is 8.42 Å². The summed E-state index contributed by atoms with van der Waals surface area (Å²) in [6, 6.07) is 3.97. The largest absolute Gasteiger partial charge is 0.476 e. The summed E-state index contributed by atoms with van der Waals surface area (Å²) in [6.45, 7) is 0.435. The number of thiophene rings is 1. The fourth-order valence-electron chi connectivity index (χ4n) is 2.26. The van der Waals surface area contributed by atoms with Crippen LogP contribution < -0.4 is 4.74 Å². The molecule has 0 aliphatic heterocycles. The van der Waals surface area contributed by atoms with Gasteiger partial charge in [0.1, 0.15) is 9.84 Å². The first-order valence-corrected chi connectivity index (χ1v) is 9.04. The summed E-state index contributed by atoms with van der Waals surface area (Å²) in [5.41, 5.74) is -0.186. The van der Waals surface area contributed by atoms with Crippen LogP contribution in [0.1, 0.15) is 12.8 Å². The Bertz CT molecular complexity index is 702. The average molecular weight is 297 g/mol. The van der Waals surface area contributed by atoms with Gasteiger partial charge in [-0.15, -0.1) is 11.3 Å². The van der Waals surface area contributed by atoms with E-state index in [1.165, 1.54) is 6.26 Å². The van der Waals surface area contributed by atoms with Crippen molar-refractivity contribution in [3.05, 3.63) is 23.7 Å². The number of aromatic nitrogens is 1. The summed E-state index contributed by atoms with van der Waals surface area (Å²) in [4.78, 5) is 4.25.